The maximum absolute atomic E-state index is 12.8. The summed E-state index contributed by atoms with van der Waals surface area (Å²) in [5.41, 5.74) is 4.79. The quantitative estimate of drug-likeness (QED) is 0.203. The topological polar surface area (TPSA) is 64.3 Å². The van der Waals surface area contributed by atoms with Gasteiger partial charge in [0.25, 0.3) is 0 Å². The largest absolute Gasteiger partial charge is 0.487 e. The number of rotatable bonds is 8. The molecule has 0 fully saturated rings. The Kier molecular flexibility index (Phi) is 7.41. The molecule has 0 spiro atoms. The Hall–Kier alpha value is -3.77. The van der Waals surface area contributed by atoms with Gasteiger partial charge in [0.05, 0.1) is 5.69 Å². The van der Waals surface area contributed by atoms with E-state index in [9.17, 15) is 9.90 Å². The van der Waals surface area contributed by atoms with Crippen LogP contribution in [0.25, 0.3) is 21.7 Å². The van der Waals surface area contributed by atoms with Gasteiger partial charge in [0.15, 0.2) is 0 Å². The lowest BCUT2D eigenvalue weighted by molar-refractivity contribution is -0.139. The maximum atomic E-state index is 12.8. The molecule has 1 N–H and O–H groups in total. The fourth-order valence-electron chi connectivity index (χ4n) is 4.95. The zero-order valence-corrected chi connectivity index (χ0v) is 23.9. The monoisotopic (exact) mass is 538 g/mol. The highest BCUT2D eigenvalue weighted by Gasteiger charge is 2.31. The lowest BCUT2D eigenvalue weighted by Crippen LogP contribution is -2.19. The summed E-state index contributed by atoms with van der Waals surface area (Å²) in [4.78, 5) is 18.2. The zero-order chi connectivity index (χ0) is 27.7. The van der Waals surface area contributed by atoms with Crippen molar-refractivity contribution in [1.82, 2.24) is 9.55 Å². The lowest BCUT2D eigenvalue weighted by Gasteiger charge is -2.22. The van der Waals surface area contributed by atoms with Gasteiger partial charge in [-0.2, -0.15) is 0 Å². The molecule has 2 heterocycles. The second-order valence-corrected chi connectivity index (χ2v) is 12.9. The second kappa shape index (κ2) is 10.8. The van der Waals surface area contributed by atoms with E-state index in [4.69, 9.17) is 4.74 Å². The number of aromatic nitrogens is 2. The molecule has 0 aliphatic heterocycles. The Morgan fingerprint density at radius 3 is 2.49 bits per heavy atom. The van der Waals surface area contributed by atoms with Crippen molar-refractivity contribution in [2.75, 3.05) is 0 Å². The van der Waals surface area contributed by atoms with Crippen LogP contribution in [0.1, 0.15) is 49.2 Å². The number of pyridine rings is 1. The minimum Gasteiger partial charge on any atom is -0.487 e. The summed E-state index contributed by atoms with van der Waals surface area (Å²) in [6.45, 7) is 8.85. The van der Waals surface area contributed by atoms with Crippen molar-refractivity contribution < 1.29 is 14.6 Å². The normalized spacial score (nSPS) is 12.6. The van der Waals surface area contributed by atoms with Crippen LogP contribution >= 0.6 is 11.8 Å². The van der Waals surface area contributed by atoms with Crippen LogP contribution in [0.4, 0.5) is 0 Å². The van der Waals surface area contributed by atoms with Crippen LogP contribution in [0.5, 0.6) is 5.75 Å². The van der Waals surface area contributed by atoms with Crippen molar-refractivity contribution in [3.05, 3.63) is 102 Å². The molecular formula is C33H34N2O3S. The molecule has 2 aromatic heterocycles. The highest BCUT2D eigenvalue weighted by atomic mass is 32.2. The summed E-state index contributed by atoms with van der Waals surface area (Å²) in [7, 11) is 1.97. The highest BCUT2D eigenvalue weighted by Crippen LogP contribution is 2.45. The van der Waals surface area contributed by atoms with E-state index in [0.29, 0.717) is 13.0 Å². The summed E-state index contributed by atoms with van der Waals surface area (Å²) >= 11 is 1.71. The molecule has 0 saturated heterocycles. The minimum atomic E-state index is -0.827. The molecule has 39 heavy (non-hydrogen) atoms. The molecule has 1 unspecified atom stereocenters. The first-order valence-electron chi connectivity index (χ1n) is 13.2. The number of thioether (sulfide) groups is 1. The van der Waals surface area contributed by atoms with Gasteiger partial charge < -0.3 is 14.4 Å². The number of aryl methyl sites for hydroxylation is 2. The van der Waals surface area contributed by atoms with E-state index >= 15 is 0 Å². The van der Waals surface area contributed by atoms with Gasteiger partial charge in [0.1, 0.15) is 18.3 Å². The number of benzene rings is 3. The molecule has 0 radical (unpaired) electrons. The maximum Gasteiger partial charge on any atom is 0.312 e. The third kappa shape index (κ3) is 5.96. The number of nitrogens with zero attached hydrogens (tertiary/aromatic N) is 2. The fraction of sp³-hybridized carbons (Fsp3) is 0.273. The van der Waals surface area contributed by atoms with Gasteiger partial charge >= 0.3 is 5.97 Å². The van der Waals surface area contributed by atoms with E-state index in [2.05, 4.69) is 54.6 Å². The van der Waals surface area contributed by atoms with E-state index in [0.717, 1.165) is 54.8 Å². The first-order chi connectivity index (χ1) is 18.6. The second-order valence-electron chi connectivity index (χ2n) is 11.1. The third-order valence-electron chi connectivity index (χ3n) is 6.82. The molecule has 200 valence electrons. The van der Waals surface area contributed by atoms with Crippen molar-refractivity contribution >= 4 is 39.4 Å². The van der Waals surface area contributed by atoms with Gasteiger partial charge in [0, 0.05) is 39.5 Å². The van der Waals surface area contributed by atoms with Crippen molar-refractivity contribution in [2.24, 2.45) is 7.05 Å². The first-order valence-corrected chi connectivity index (χ1v) is 14.0. The molecule has 0 amide bonds. The number of carbonyl (C=O) groups is 1. The highest BCUT2D eigenvalue weighted by molar-refractivity contribution is 8.00. The number of hydrogen-bond acceptors (Lipinski definition) is 4. The molecule has 0 aliphatic carbocycles. The minimum absolute atomic E-state index is 0.113. The van der Waals surface area contributed by atoms with Gasteiger partial charge in [-0.25, -0.2) is 0 Å². The predicted octanol–water partition coefficient (Wildman–Crippen LogP) is 7.92. The Balaban J connectivity index is 1.55. The molecule has 6 heteroatoms. The number of ether oxygens (including phenoxy) is 1. The predicted molar refractivity (Wildman–Crippen MR) is 160 cm³/mol. The third-order valence-corrected chi connectivity index (χ3v) is 8.06. The molecule has 0 bridgehead atoms. The average molecular weight is 539 g/mol. The Morgan fingerprint density at radius 1 is 1.03 bits per heavy atom. The lowest BCUT2D eigenvalue weighted by atomic mass is 9.94. The summed E-state index contributed by atoms with van der Waals surface area (Å²) in [6, 6.07) is 24.4. The van der Waals surface area contributed by atoms with Crippen molar-refractivity contribution in [3.8, 4) is 5.75 Å². The van der Waals surface area contributed by atoms with E-state index in [1.807, 2.05) is 68.7 Å². The van der Waals surface area contributed by atoms with Gasteiger partial charge in [0.2, 0.25) is 0 Å². The van der Waals surface area contributed by atoms with Gasteiger partial charge in [-0.15, -0.1) is 11.8 Å². The molecule has 0 aliphatic rings. The van der Waals surface area contributed by atoms with Crippen LogP contribution in [0.15, 0.2) is 83.9 Å². The van der Waals surface area contributed by atoms with Gasteiger partial charge in [-0.1, -0.05) is 69.3 Å². The Morgan fingerprint density at radius 2 is 1.79 bits per heavy atom. The van der Waals surface area contributed by atoms with E-state index < -0.39 is 11.9 Å². The van der Waals surface area contributed by atoms with E-state index in [1.54, 1.807) is 11.8 Å². The number of carboxylic acids is 1. The molecule has 3 aromatic carbocycles. The van der Waals surface area contributed by atoms with Crippen LogP contribution in [0.2, 0.25) is 0 Å². The van der Waals surface area contributed by atoms with Crippen LogP contribution in [-0.2, 0) is 24.9 Å². The molecule has 0 saturated carbocycles. The number of fused-ring (bicyclic) bond motifs is 2. The Labute approximate surface area is 233 Å². The van der Waals surface area contributed by atoms with Gasteiger partial charge in [-0.3, -0.25) is 9.78 Å². The van der Waals surface area contributed by atoms with Crippen molar-refractivity contribution in [1.29, 1.82) is 0 Å². The molecule has 5 aromatic rings. The van der Waals surface area contributed by atoms with Crippen LogP contribution in [0, 0.1) is 6.92 Å². The average Bonchev–Trinajstić information content (AvgIpc) is 3.15. The standard InChI is InChI=1S/C33H34N2O3S/c1-21-10-13-25(34-19-21)20-38-26-14-15-29-27(18-26)31(39-33(2,3)4)30(35(29)5)28(32(36)37)17-22-11-12-23-8-6-7-9-24(23)16-22/h6-16,18-19,28H,17,20H2,1-5H3,(H,36,37). The molecule has 5 nitrogen and oxygen atoms in total. The Bertz CT molecular complexity index is 1650. The smallest absolute Gasteiger partial charge is 0.312 e. The summed E-state index contributed by atoms with van der Waals surface area (Å²) in [5, 5.41) is 13.8. The molecule has 5 rings (SSSR count). The van der Waals surface area contributed by atoms with Gasteiger partial charge in [-0.05, 0) is 59.5 Å². The number of carboxylic acid groups (broad SMARTS) is 1. The fourth-order valence-corrected chi connectivity index (χ4v) is 6.22. The van der Waals surface area contributed by atoms with E-state index in [1.165, 1.54) is 0 Å². The molecule has 1 atom stereocenters. The summed E-state index contributed by atoms with van der Waals surface area (Å²) in [6.07, 6.45) is 2.25. The number of aliphatic carboxylic acids is 1. The zero-order valence-electron chi connectivity index (χ0n) is 23.1. The van der Waals surface area contributed by atoms with Crippen LogP contribution in [-0.4, -0.2) is 25.4 Å². The first kappa shape index (κ1) is 26.8. The SMILES string of the molecule is Cc1ccc(COc2ccc3c(c2)c(SC(C)(C)C)c(C(Cc2ccc4ccccc4c2)C(=O)O)n3C)nc1. The van der Waals surface area contributed by atoms with Crippen LogP contribution in [0.3, 0.4) is 0 Å². The summed E-state index contributed by atoms with van der Waals surface area (Å²) < 4.78 is 8.06. The number of hydrogen-bond donors (Lipinski definition) is 1. The summed E-state index contributed by atoms with van der Waals surface area (Å²) in [5.74, 6) is -0.791. The van der Waals surface area contributed by atoms with Crippen molar-refractivity contribution in [3.63, 3.8) is 0 Å². The van der Waals surface area contributed by atoms with E-state index in [-0.39, 0.29) is 4.75 Å². The van der Waals surface area contributed by atoms with Crippen LogP contribution < -0.4 is 4.74 Å². The molecular weight excluding hydrogens is 504 g/mol. The van der Waals surface area contributed by atoms with Crippen molar-refractivity contribution in [2.45, 2.75) is 56.3 Å².